The second-order valence-corrected chi connectivity index (χ2v) is 7.66. The van der Waals surface area contributed by atoms with Crippen molar-refractivity contribution in [3.63, 3.8) is 0 Å². The number of hydrogen-bond acceptors (Lipinski definition) is 3. The third kappa shape index (κ3) is 4.16. The fourth-order valence-electron chi connectivity index (χ4n) is 3.78. The van der Waals surface area contributed by atoms with Gasteiger partial charge < -0.3 is 5.32 Å². The van der Waals surface area contributed by atoms with E-state index in [1.165, 1.54) is 56.5 Å². The molecule has 2 nitrogen and oxygen atoms in total. The van der Waals surface area contributed by atoms with Gasteiger partial charge in [0, 0.05) is 11.3 Å². The van der Waals surface area contributed by atoms with Gasteiger partial charge in [-0.1, -0.05) is 64.6 Å². The Labute approximate surface area is 129 Å². The van der Waals surface area contributed by atoms with Crippen LogP contribution in [-0.4, -0.2) is 23.0 Å². The van der Waals surface area contributed by atoms with Crippen molar-refractivity contribution in [2.45, 2.75) is 83.4 Å². The smallest absolute Gasteiger partial charge is 0.157 e. The monoisotopic (exact) mass is 296 g/mol. The second-order valence-electron chi connectivity index (χ2n) is 6.44. The Hall–Kier alpha value is -0.180. The Morgan fingerprint density at radius 3 is 2.40 bits per heavy atom. The number of aliphatic imine (C=N–C) groups is 1. The zero-order chi connectivity index (χ0) is 14.4. The topological polar surface area (TPSA) is 24.4 Å². The van der Waals surface area contributed by atoms with Crippen molar-refractivity contribution in [2.75, 3.05) is 6.54 Å². The maximum absolute atomic E-state index is 4.79. The highest BCUT2D eigenvalue weighted by atomic mass is 32.2. The van der Waals surface area contributed by atoms with E-state index in [1.54, 1.807) is 0 Å². The van der Waals surface area contributed by atoms with E-state index in [0.717, 1.165) is 23.6 Å². The van der Waals surface area contributed by atoms with Gasteiger partial charge in [0.1, 0.15) is 0 Å². The number of nitrogens with one attached hydrogen (secondary N) is 1. The summed E-state index contributed by atoms with van der Waals surface area (Å²) in [5.74, 6) is 1.71. The maximum Gasteiger partial charge on any atom is 0.157 e. The maximum atomic E-state index is 4.79. The van der Waals surface area contributed by atoms with Crippen LogP contribution in [-0.2, 0) is 0 Å². The van der Waals surface area contributed by atoms with Crippen LogP contribution in [0.5, 0.6) is 0 Å². The fraction of sp³-hybridized carbons (Fsp3) is 0.941. The summed E-state index contributed by atoms with van der Waals surface area (Å²) >= 11 is 2.01. The molecular formula is C17H32N2S. The first-order valence-electron chi connectivity index (χ1n) is 8.76. The van der Waals surface area contributed by atoms with Gasteiger partial charge in [-0.05, 0) is 31.1 Å². The molecule has 1 heterocycles. The zero-order valence-electron chi connectivity index (χ0n) is 13.5. The number of rotatable bonds is 6. The van der Waals surface area contributed by atoms with Crippen molar-refractivity contribution < 1.29 is 0 Å². The molecule has 116 valence electrons. The molecule has 2 atom stereocenters. The van der Waals surface area contributed by atoms with E-state index >= 15 is 0 Å². The molecule has 1 saturated carbocycles. The average Bonchev–Trinajstić information content (AvgIpc) is 2.95. The largest absolute Gasteiger partial charge is 0.362 e. The number of thioether (sulfide) groups is 1. The Kier molecular flexibility index (Phi) is 6.73. The summed E-state index contributed by atoms with van der Waals surface area (Å²) in [6.07, 6.45) is 10.9. The van der Waals surface area contributed by atoms with Gasteiger partial charge >= 0.3 is 0 Å². The van der Waals surface area contributed by atoms with Gasteiger partial charge in [0.25, 0.3) is 0 Å². The van der Waals surface area contributed by atoms with E-state index in [4.69, 9.17) is 4.99 Å². The summed E-state index contributed by atoms with van der Waals surface area (Å²) < 4.78 is 0. The van der Waals surface area contributed by atoms with Gasteiger partial charge in [-0.15, -0.1) is 0 Å². The molecule has 0 radical (unpaired) electrons. The van der Waals surface area contributed by atoms with Crippen LogP contribution in [0.15, 0.2) is 4.99 Å². The molecule has 1 fully saturated rings. The molecular weight excluding hydrogens is 264 g/mol. The van der Waals surface area contributed by atoms with Crippen LogP contribution in [0.3, 0.4) is 0 Å². The van der Waals surface area contributed by atoms with Crippen LogP contribution < -0.4 is 5.32 Å². The lowest BCUT2D eigenvalue weighted by atomic mass is 9.83. The van der Waals surface area contributed by atoms with Crippen LogP contribution in [0.4, 0.5) is 0 Å². The van der Waals surface area contributed by atoms with Crippen molar-refractivity contribution in [1.82, 2.24) is 5.32 Å². The third-order valence-electron chi connectivity index (χ3n) is 5.22. The van der Waals surface area contributed by atoms with E-state index in [9.17, 15) is 0 Å². The first kappa shape index (κ1) is 16.2. The molecule has 2 rings (SSSR count). The highest BCUT2D eigenvalue weighted by Gasteiger charge is 2.29. The number of amidine groups is 1. The van der Waals surface area contributed by atoms with E-state index in [1.807, 2.05) is 11.8 Å². The first-order valence-corrected chi connectivity index (χ1v) is 9.64. The minimum atomic E-state index is 0.655. The minimum absolute atomic E-state index is 0.655. The van der Waals surface area contributed by atoms with Gasteiger partial charge in [-0.2, -0.15) is 0 Å². The molecule has 3 heteroatoms. The molecule has 0 bridgehead atoms. The summed E-state index contributed by atoms with van der Waals surface area (Å²) in [6.45, 7) is 7.99. The summed E-state index contributed by atoms with van der Waals surface area (Å²) in [6, 6.07) is 0.655. The highest BCUT2D eigenvalue weighted by molar-refractivity contribution is 8.14. The van der Waals surface area contributed by atoms with Crippen LogP contribution >= 0.6 is 11.8 Å². The standard InChI is InChI=1S/C17H32N2S/c1-4-13(5-2)16-12-18-17(20-16)19-15(6-3)14-10-8-7-9-11-14/h13-16H,4-12H2,1-3H3,(H,18,19). The summed E-state index contributed by atoms with van der Waals surface area (Å²) in [7, 11) is 0. The molecule has 2 aliphatic rings. The van der Waals surface area contributed by atoms with E-state index in [-0.39, 0.29) is 0 Å². The molecule has 0 aromatic rings. The van der Waals surface area contributed by atoms with Gasteiger partial charge in [0.05, 0.1) is 6.54 Å². The predicted molar refractivity (Wildman–Crippen MR) is 91.5 cm³/mol. The van der Waals surface area contributed by atoms with Gasteiger partial charge in [0.15, 0.2) is 5.17 Å². The molecule has 0 amide bonds. The Morgan fingerprint density at radius 2 is 1.80 bits per heavy atom. The van der Waals surface area contributed by atoms with Crippen LogP contribution in [0.1, 0.15) is 72.1 Å². The Bertz CT molecular complexity index is 306. The summed E-state index contributed by atoms with van der Waals surface area (Å²) in [5.41, 5.74) is 0. The lowest BCUT2D eigenvalue weighted by molar-refractivity contribution is 0.284. The quantitative estimate of drug-likeness (QED) is 0.758. The lowest BCUT2D eigenvalue weighted by Crippen LogP contribution is -2.39. The zero-order valence-corrected chi connectivity index (χ0v) is 14.3. The average molecular weight is 297 g/mol. The van der Waals surface area contributed by atoms with Gasteiger partial charge in [-0.25, -0.2) is 0 Å². The van der Waals surface area contributed by atoms with Crippen molar-refractivity contribution in [3.05, 3.63) is 0 Å². The van der Waals surface area contributed by atoms with Crippen molar-refractivity contribution in [1.29, 1.82) is 0 Å². The van der Waals surface area contributed by atoms with Crippen molar-refractivity contribution >= 4 is 16.9 Å². The highest BCUT2D eigenvalue weighted by Crippen LogP contribution is 2.32. The summed E-state index contributed by atoms with van der Waals surface area (Å²) in [4.78, 5) is 4.79. The molecule has 0 saturated heterocycles. The lowest BCUT2D eigenvalue weighted by Gasteiger charge is -2.31. The third-order valence-corrected chi connectivity index (χ3v) is 6.53. The second kappa shape index (κ2) is 8.31. The van der Waals surface area contributed by atoms with Gasteiger partial charge in [-0.3, -0.25) is 4.99 Å². The molecule has 1 aliphatic carbocycles. The van der Waals surface area contributed by atoms with Crippen LogP contribution in [0.2, 0.25) is 0 Å². The fourth-order valence-corrected chi connectivity index (χ4v) is 5.16. The molecule has 1 N–H and O–H groups in total. The van der Waals surface area contributed by atoms with Crippen molar-refractivity contribution in [2.24, 2.45) is 16.8 Å². The normalized spacial score (nSPS) is 25.8. The molecule has 1 aliphatic heterocycles. The molecule has 2 unspecified atom stereocenters. The van der Waals surface area contributed by atoms with Crippen molar-refractivity contribution in [3.8, 4) is 0 Å². The Morgan fingerprint density at radius 1 is 1.10 bits per heavy atom. The Balaban J connectivity index is 1.83. The molecule has 0 aromatic heterocycles. The molecule has 0 aromatic carbocycles. The predicted octanol–water partition coefficient (Wildman–Crippen LogP) is 4.84. The van der Waals surface area contributed by atoms with Crippen LogP contribution in [0.25, 0.3) is 0 Å². The van der Waals surface area contributed by atoms with E-state index in [2.05, 4.69) is 26.1 Å². The molecule has 20 heavy (non-hydrogen) atoms. The minimum Gasteiger partial charge on any atom is -0.362 e. The van der Waals surface area contributed by atoms with E-state index in [0.29, 0.717) is 6.04 Å². The molecule has 0 spiro atoms. The summed E-state index contributed by atoms with van der Waals surface area (Å²) in [5, 5.41) is 5.74. The first-order chi connectivity index (χ1) is 9.78. The SMILES string of the molecule is CCC(CC)C1CN=C(NC(CC)C2CCCCC2)S1. The van der Waals surface area contributed by atoms with E-state index < -0.39 is 0 Å². The number of nitrogens with zero attached hydrogens (tertiary/aromatic N) is 1. The van der Waals surface area contributed by atoms with Crippen LogP contribution in [0, 0.1) is 11.8 Å². The number of hydrogen-bond donors (Lipinski definition) is 1. The van der Waals surface area contributed by atoms with Gasteiger partial charge in [0.2, 0.25) is 0 Å².